The summed E-state index contributed by atoms with van der Waals surface area (Å²) in [7, 11) is 0. The van der Waals surface area contributed by atoms with Gasteiger partial charge in [-0.3, -0.25) is 9.59 Å². The van der Waals surface area contributed by atoms with E-state index >= 15 is 0 Å². The van der Waals surface area contributed by atoms with Crippen molar-refractivity contribution in [3.05, 3.63) is 34.3 Å². The maximum absolute atomic E-state index is 12.3. The lowest BCUT2D eigenvalue weighted by Gasteiger charge is -2.28. The topological polar surface area (TPSA) is 59.8 Å². The molecule has 6 heteroatoms. The molecule has 1 amide bonds. The molecular formula is C18H26BrN2O3+. The number of carbonyl (C=O) groups excluding carboxylic acids is 2. The van der Waals surface area contributed by atoms with Crippen molar-refractivity contribution in [1.29, 1.82) is 0 Å². The summed E-state index contributed by atoms with van der Waals surface area (Å²) in [5, 5.41) is 3.06. The maximum Gasteiger partial charge on any atom is 0.309 e. The van der Waals surface area contributed by atoms with Crippen LogP contribution in [0, 0.1) is 5.92 Å². The van der Waals surface area contributed by atoms with Gasteiger partial charge in [0.1, 0.15) is 0 Å². The van der Waals surface area contributed by atoms with Crippen LogP contribution in [0.1, 0.15) is 38.3 Å². The summed E-state index contributed by atoms with van der Waals surface area (Å²) in [6, 6.07) is 7.87. The molecule has 24 heavy (non-hydrogen) atoms. The number of benzene rings is 1. The summed E-state index contributed by atoms with van der Waals surface area (Å²) < 4.78 is 6.08. The Bertz CT molecular complexity index is 571. The molecule has 132 valence electrons. The van der Waals surface area contributed by atoms with E-state index in [-0.39, 0.29) is 23.8 Å². The Morgan fingerprint density at radius 1 is 1.33 bits per heavy atom. The van der Waals surface area contributed by atoms with Crippen LogP contribution in [0.15, 0.2) is 28.7 Å². The van der Waals surface area contributed by atoms with E-state index in [9.17, 15) is 9.59 Å². The SMILES string of the molecule is CCOC(=O)C1CC[NH+](CC(=O)N[C@@H](C)c2ccccc2Br)CC1. The highest BCUT2D eigenvalue weighted by molar-refractivity contribution is 9.10. The van der Waals surface area contributed by atoms with E-state index in [0.29, 0.717) is 13.2 Å². The van der Waals surface area contributed by atoms with E-state index in [0.717, 1.165) is 36.0 Å². The molecule has 0 aromatic heterocycles. The second-order valence-corrected chi connectivity index (χ2v) is 7.12. The van der Waals surface area contributed by atoms with Gasteiger partial charge in [-0.15, -0.1) is 0 Å². The van der Waals surface area contributed by atoms with E-state index in [4.69, 9.17) is 4.74 Å². The van der Waals surface area contributed by atoms with Crippen LogP contribution in [0.25, 0.3) is 0 Å². The van der Waals surface area contributed by atoms with E-state index < -0.39 is 0 Å². The average Bonchev–Trinajstić information content (AvgIpc) is 2.56. The third-order valence-corrected chi connectivity index (χ3v) is 5.19. The zero-order valence-corrected chi connectivity index (χ0v) is 15.9. The Morgan fingerprint density at radius 2 is 2.00 bits per heavy atom. The monoisotopic (exact) mass is 397 g/mol. The maximum atomic E-state index is 12.3. The molecule has 0 spiro atoms. The number of esters is 1. The molecule has 2 N–H and O–H groups in total. The molecule has 1 atom stereocenters. The lowest BCUT2D eigenvalue weighted by atomic mass is 9.97. The van der Waals surface area contributed by atoms with Gasteiger partial charge in [0.2, 0.25) is 0 Å². The van der Waals surface area contributed by atoms with Crippen molar-refractivity contribution < 1.29 is 19.2 Å². The second-order valence-electron chi connectivity index (χ2n) is 6.26. The minimum absolute atomic E-state index is 0.00374. The number of rotatable bonds is 6. The van der Waals surface area contributed by atoms with Crippen molar-refractivity contribution in [2.24, 2.45) is 5.92 Å². The first-order chi connectivity index (χ1) is 11.5. The number of ether oxygens (including phenoxy) is 1. The van der Waals surface area contributed by atoms with Gasteiger partial charge < -0.3 is 15.0 Å². The van der Waals surface area contributed by atoms with Crippen molar-refractivity contribution in [2.45, 2.75) is 32.7 Å². The Morgan fingerprint density at radius 3 is 2.62 bits per heavy atom. The third-order valence-electron chi connectivity index (χ3n) is 4.47. The molecule has 0 radical (unpaired) electrons. The number of likely N-dealkylation sites (tertiary alicyclic amines) is 1. The quantitative estimate of drug-likeness (QED) is 0.714. The normalized spacial score (nSPS) is 21.8. The van der Waals surface area contributed by atoms with Crippen LogP contribution in [-0.4, -0.2) is 38.1 Å². The first-order valence-corrected chi connectivity index (χ1v) is 9.34. The predicted octanol–water partition coefficient (Wildman–Crippen LogP) is 1.48. The van der Waals surface area contributed by atoms with Crippen LogP contribution in [0.5, 0.6) is 0 Å². The van der Waals surface area contributed by atoms with Gasteiger partial charge in [-0.05, 0) is 25.5 Å². The number of nitrogens with one attached hydrogen (secondary N) is 2. The summed E-state index contributed by atoms with van der Waals surface area (Å²) in [5.74, 6) is -0.0534. The van der Waals surface area contributed by atoms with Crippen molar-refractivity contribution in [1.82, 2.24) is 5.32 Å². The number of amides is 1. The smallest absolute Gasteiger partial charge is 0.309 e. The summed E-state index contributed by atoms with van der Waals surface area (Å²) in [6.45, 7) is 6.36. The van der Waals surface area contributed by atoms with Gasteiger partial charge in [-0.25, -0.2) is 0 Å². The number of piperidine rings is 1. The molecule has 0 unspecified atom stereocenters. The molecule has 1 aromatic rings. The van der Waals surface area contributed by atoms with Gasteiger partial charge in [0.25, 0.3) is 5.91 Å². The first kappa shape index (κ1) is 18.9. The zero-order valence-electron chi connectivity index (χ0n) is 14.3. The van der Waals surface area contributed by atoms with Crippen LogP contribution in [0.2, 0.25) is 0 Å². The van der Waals surface area contributed by atoms with Gasteiger partial charge in [-0.2, -0.15) is 0 Å². The van der Waals surface area contributed by atoms with Crippen LogP contribution in [0.4, 0.5) is 0 Å². The highest BCUT2D eigenvalue weighted by Gasteiger charge is 2.29. The predicted molar refractivity (Wildman–Crippen MR) is 95.6 cm³/mol. The fraction of sp³-hybridized carbons (Fsp3) is 0.556. The molecular weight excluding hydrogens is 372 g/mol. The van der Waals surface area contributed by atoms with Crippen molar-refractivity contribution in [3.8, 4) is 0 Å². The minimum atomic E-state index is -0.0939. The molecule has 2 rings (SSSR count). The largest absolute Gasteiger partial charge is 0.466 e. The van der Waals surface area contributed by atoms with Gasteiger partial charge in [-0.1, -0.05) is 34.1 Å². The second kappa shape index (κ2) is 9.18. The van der Waals surface area contributed by atoms with E-state index in [1.54, 1.807) is 0 Å². The third kappa shape index (κ3) is 5.31. The fourth-order valence-electron chi connectivity index (χ4n) is 3.12. The Labute approximate surface area is 151 Å². The molecule has 1 aliphatic rings. The summed E-state index contributed by atoms with van der Waals surface area (Å²) in [6.07, 6.45) is 1.59. The van der Waals surface area contributed by atoms with Crippen LogP contribution in [-0.2, 0) is 14.3 Å². The molecule has 1 heterocycles. The van der Waals surface area contributed by atoms with Crippen molar-refractivity contribution in [3.63, 3.8) is 0 Å². The van der Waals surface area contributed by atoms with Gasteiger partial charge >= 0.3 is 5.97 Å². The van der Waals surface area contributed by atoms with E-state index in [1.165, 1.54) is 4.90 Å². The van der Waals surface area contributed by atoms with Crippen molar-refractivity contribution >= 4 is 27.8 Å². The molecule has 0 bridgehead atoms. The summed E-state index contributed by atoms with van der Waals surface area (Å²) in [4.78, 5) is 25.3. The first-order valence-electron chi connectivity index (χ1n) is 8.55. The van der Waals surface area contributed by atoms with Crippen LogP contribution in [0.3, 0.4) is 0 Å². The molecule has 0 aliphatic carbocycles. The highest BCUT2D eigenvalue weighted by Crippen LogP contribution is 2.22. The molecule has 1 aliphatic heterocycles. The fourth-order valence-corrected chi connectivity index (χ4v) is 3.75. The number of quaternary nitrogens is 1. The number of halogens is 1. The average molecular weight is 398 g/mol. The Balaban J connectivity index is 1.77. The lowest BCUT2D eigenvalue weighted by molar-refractivity contribution is -0.897. The van der Waals surface area contributed by atoms with E-state index in [2.05, 4.69) is 21.2 Å². The Kier molecular flexibility index (Phi) is 7.24. The number of hydrogen-bond acceptors (Lipinski definition) is 3. The molecule has 1 fully saturated rings. The molecule has 1 saturated heterocycles. The van der Waals surface area contributed by atoms with Gasteiger partial charge in [0.05, 0.1) is 31.7 Å². The minimum Gasteiger partial charge on any atom is -0.466 e. The van der Waals surface area contributed by atoms with Gasteiger partial charge in [0.15, 0.2) is 6.54 Å². The molecule has 5 nitrogen and oxygen atoms in total. The van der Waals surface area contributed by atoms with E-state index in [1.807, 2.05) is 38.1 Å². The van der Waals surface area contributed by atoms with Crippen LogP contribution < -0.4 is 10.2 Å². The number of hydrogen-bond donors (Lipinski definition) is 2. The van der Waals surface area contributed by atoms with Gasteiger partial charge in [0, 0.05) is 17.3 Å². The number of carbonyl (C=O) groups is 2. The van der Waals surface area contributed by atoms with Crippen LogP contribution >= 0.6 is 15.9 Å². The Hall–Kier alpha value is -1.40. The summed E-state index contributed by atoms with van der Waals surface area (Å²) >= 11 is 3.52. The molecule has 0 saturated carbocycles. The molecule has 1 aromatic carbocycles. The lowest BCUT2D eigenvalue weighted by Crippen LogP contribution is -3.14. The standard InChI is InChI=1S/C18H25BrN2O3/c1-3-24-18(23)14-8-10-21(11-9-14)12-17(22)20-13(2)15-6-4-5-7-16(15)19/h4-7,13-14H,3,8-12H2,1-2H3,(H,20,22)/p+1/t13-/m0/s1. The highest BCUT2D eigenvalue weighted by atomic mass is 79.9. The van der Waals surface area contributed by atoms with Crippen molar-refractivity contribution in [2.75, 3.05) is 26.2 Å². The zero-order chi connectivity index (χ0) is 17.5. The summed E-state index contributed by atoms with van der Waals surface area (Å²) in [5.41, 5.74) is 1.07.